The van der Waals surface area contributed by atoms with Crippen LogP contribution >= 0.6 is 22.9 Å². The average molecular weight is 268 g/mol. The summed E-state index contributed by atoms with van der Waals surface area (Å²) >= 11 is 3.20. The molecular formula is C11H16N4S2. The van der Waals surface area contributed by atoms with Crippen molar-refractivity contribution in [3.05, 3.63) is 27.2 Å². The summed E-state index contributed by atoms with van der Waals surface area (Å²) < 4.78 is 4.08. The van der Waals surface area contributed by atoms with Crippen LogP contribution in [-0.4, -0.2) is 21.6 Å². The van der Waals surface area contributed by atoms with Crippen molar-refractivity contribution in [2.24, 2.45) is 0 Å². The summed E-state index contributed by atoms with van der Waals surface area (Å²) in [6, 6.07) is 0.303. The van der Waals surface area contributed by atoms with Gasteiger partial charge in [-0.1, -0.05) is 17.8 Å². The van der Waals surface area contributed by atoms with Crippen LogP contribution in [0.4, 0.5) is 0 Å². The number of aryl methyl sites for hydroxylation is 1. The fourth-order valence-corrected chi connectivity index (χ4v) is 3.21. The maximum absolute atomic E-state index is 4.22. The largest absolute Gasteiger partial charge is 0.312 e. The van der Waals surface area contributed by atoms with E-state index in [1.165, 1.54) is 21.3 Å². The Labute approximate surface area is 109 Å². The normalized spacial score (nSPS) is 12.8. The quantitative estimate of drug-likeness (QED) is 0.874. The zero-order chi connectivity index (χ0) is 12.1. The fourth-order valence-electron chi connectivity index (χ4n) is 1.76. The summed E-state index contributed by atoms with van der Waals surface area (Å²) in [4.78, 5) is 6.67. The molecule has 2 heterocycles. The molecule has 1 unspecified atom stereocenters. The first-order valence-corrected chi connectivity index (χ1v) is 7.36. The Bertz CT molecular complexity index is 438. The molecule has 0 radical (unpaired) electrons. The number of nitrogens with zero attached hydrogens (tertiary/aromatic N) is 3. The van der Waals surface area contributed by atoms with Crippen LogP contribution in [0.1, 0.15) is 34.8 Å². The van der Waals surface area contributed by atoms with Crippen LogP contribution in [0.25, 0.3) is 0 Å². The van der Waals surface area contributed by atoms with E-state index < -0.39 is 0 Å². The highest BCUT2D eigenvalue weighted by Gasteiger charge is 2.18. The van der Waals surface area contributed by atoms with Gasteiger partial charge in [0, 0.05) is 23.5 Å². The third-order valence-electron chi connectivity index (χ3n) is 2.63. The summed E-state index contributed by atoms with van der Waals surface area (Å²) in [5, 5.41) is 7.57. The molecule has 17 heavy (non-hydrogen) atoms. The maximum Gasteiger partial charge on any atom is 0.0803 e. The van der Waals surface area contributed by atoms with Crippen LogP contribution in [0.5, 0.6) is 0 Å². The van der Waals surface area contributed by atoms with E-state index in [-0.39, 0.29) is 0 Å². The van der Waals surface area contributed by atoms with Crippen molar-refractivity contribution < 1.29 is 0 Å². The number of rotatable bonds is 6. The number of aromatic nitrogens is 3. The van der Waals surface area contributed by atoms with Gasteiger partial charge in [0.2, 0.25) is 0 Å². The van der Waals surface area contributed by atoms with Crippen molar-refractivity contribution in [2.75, 3.05) is 7.05 Å². The van der Waals surface area contributed by atoms with Crippen molar-refractivity contribution in [3.63, 3.8) is 0 Å². The molecule has 2 aromatic heterocycles. The molecule has 0 amide bonds. The second kappa shape index (κ2) is 6.18. The van der Waals surface area contributed by atoms with Gasteiger partial charge in [-0.2, -0.15) is 0 Å². The first kappa shape index (κ1) is 12.6. The van der Waals surface area contributed by atoms with Gasteiger partial charge >= 0.3 is 0 Å². The number of likely N-dealkylation sites (N-methyl/N-ethyl adjacent to an activating group) is 1. The van der Waals surface area contributed by atoms with Crippen LogP contribution in [0.15, 0.2) is 11.7 Å². The van der Waals surface area contributed by atoms with E-state index in [2.05, 4.69) is 26.8 Å². The van der Waals surface area contributed by atoms with E-state index in [1.54, 1.807) is 11.3 Å². The van der Waals surface area contributed by atoms with Crippen LogP contribution in [0.2, 0.25) is 0 Å². The molecule has 4 nitrogen and oxygen atoms in total. The molecule has 0 aromatic carbocycles. The second-order valence-corrected chi connectivity index (χ2v) is 5.60. The fraction of sp³-hybridized carbons (Fsp3) is 0.545. The molecule has 0 spiro atoms. The third kappa shape index (κ3) is 3.08. The third-order valence-corrected chi connectivity index (χ3v) is 4.31. The zero-order valence-electron chi connectivity index (χ0n) is 10.0. The van der Waals surface area contributed by atoms with Crippen molar-refractivity contribution in [1.82, 2.24) is 19.9 Å². The molecule has 0 saturated carbocycles. The second-order valence-electron chi connectivity index (χ2n) is 3.85. The summed E-state index contributed by atoms with van der Waals surface area (Å²) in [7, 11) is 1.99. The maximum atomic E-state index is 4.22. The van der Waals surface area contributed by atoms with E-state index in [0.717, 1.165) is 25.0 Å². The monoisotopic (exact) mass is 268 g/mol. The highest BCUT2D eigenvalue weighted by atomic mass is 32.1. The van der Waals surface area contributed by atoms with Crippen molar-refractivity contribution in [3.8, 4) is 0 Å². The molecule has 6 heteroatoms. The first-order chi connectivity index (χ1) is 8.35. The molecule has 0 fully saturated rings. The lowest BCUT2D eigenvalue weighted by atomic mass is 10.1. The molecule has 0 aliphatic rings. The van der Waals surface area contributed by atoms with E-state index in [1.807, 2.05) is 18.8 Å². The minimum Gasteiger partial charge on any atom is -0.312 e. The van der Waals surface area contributed by atoms with Crippen LogP contribution < -0.4 is 5.32 Å². The number of thiazole rings is 1. The molecule has 92 valence electrons. The molecular weight excluding hydrogens is 252 g/mol. The SMILES string of the molecule is CCCc1nnsc1C(Cc1cncs1)NC. The lowest BCUT2D eigenvalue weighted by Gasteiger charge is -2.13. The smallest absolute Gasteiger partial charge is 0.0803 e. The molecule has 0 saturated heterocycles. The molecule has 0 aliphatic carbocycles. The lowest BCUT2D eigenvalue weighted by molar-refractivity contribution is 0.597. The Kier molecular flexibility index (Phi) is 4.58. The molecule has 1 atom stereocenters. The van der Waals surface area contributed by atoms with E-state index >= 15 is 0 Å². The molecule has 0 aliphatic heterocycles. The first-order valence-electron chi connectivity index (χ1n) is 5.71. The van der Waals surface area contributed by atoms with E-state index in [4.69, 9.17) is 0 Å². The van der Waals surface area contributed by atoms with E-state index in [9.17, 15) is 0 Å². The number of nitrogens with one attached hydrogen (secondary N) is 1. The van der Waals surface area contributed by atoms with Crippen LogP contribution in [0.3, 0.4) is 0 Å². The summed E-state index contributed by atoms with van der Waals surface area (Å²) in [6.07, 6.45) is 5.01. The standard InChI is InChI=1S/C11H16N4S2/c1-3-4-9-11(17-15-14-9)10(12-2)5-8-6-13-7-16-8/h6-7,10,12H,3-5H2,1-2H3. The van der Waals surface area contributed by atoms with Crippen LogP contribution in [-0.2, 0) is 12.8 Å². The summed E-state index contributed by atoms with van der Waals surface area (Å²) in [6.45, 7) is 2.17. The Balaban J connectivity index is 2.14. The summed E-state index contributed by atoms with van der Waals surface area (Å²) in [5.74, 6) is 0. The van der Waals surface area contributed by atoms with Crippen molar-refractivity contribution >= 4 is 22.9 Å². The minimum atomic E-state index is 0.303. The zero-order valence-corrected chi connectivity index (χ0v) is 11.6. The van der Waals surface area contributed by atoms with Gasteiger partial charge in [0.25, 0.3) is 0 Å². The number of hydrogen-bond acceptors (Lipinski definition) is 6. The Morgan fingerprint density at radius 2 is 2.35 bits per heavy atom. The molecule has 0 bridgehead atoms. The number of hydrogen-bond donors (Lipinski definition) is 1. The topological polar surface area (TPSA) is 50.7 Å². The Morgan fingerprint density at radius 1 is 1.47 bits per heavy atom. The van der Waals surface area contributed by atoms with Crippen molar-refractivity contribution in [1.29, 1.82) is 0 Å². The average Bonchev–Trinajstić information content (AvgIpc) is 2.97. The molecule has 2 rings (SSSR count). The Hall–Kier alpha value is -0.850. The molecule has 1 N–H and O–H groups in total. The van der Waals surface area contributed by atoms with Gasteiger partial charge in [-0.3, -0.25) is 4.98 Å². The molecule has 2 aromatic rings. The van der Waals surface area contributed by atoms with Gasteiger partial charge in [-0.15, -0.1) is 16.4 Å². The van der Waals surface area contributed by atoms with Gasteiger partial charge < -0.3 is 5.32 Å². The highest BCUT2D eigenvalue weighted by molar-refractivity contribution is 7.09. The summed E-state index contributed by atoms with van der Waals surface area (Å²) in [5.41, 5.74) is 3.02. The Morgan fingerprint density at radius 3 is 3.00 bits per heavy atom. The van der Waals surface area contributed by atoms with Gasteiger partial charge in [0.15, 0.2) is 0 Å². The minimum absolute atomic E-state index is 0.303. The van der Waals surface area contributed by atoms with Gasteiger partial charge in [-0.05, 0) is 25.0 Å². The van der Waals surface area contributed by atoms with Gasteiger partial charge in [-0.25, -0.2) is 0 Å². The van der Waals surface area contributed by atoms with Gasteiger partial charge in [0.05, 0.1) is 16.1 Å². The highest BCUT2D eigenvalue weighted by Crippen LogP contribution is 2.25. The van der Waals surface area contributed by atoms with Crippen molar-refractivity contribution in [2.45, 2.75) is 32.2 Å². The van der Waals surface area contributed by atoms with E-state index in [0.29, 0.717) is 6.04 Å². The predicted octanol–water partition coefficient (Wildman–Crippen LogP) is 2.45. The van der Waals surface area contributed by atoms with Gasteiger partial charge in [0.1, 0.15) is 0 Å². The van der Waals surface area contributed by atoms with Crippen LogP contribution in [0, 0.1) is 0 Å². The lowest BCUT2D eigenvalue weighted by Crippen LogP contribution is -2.18. The predicted molar refractivity (Wildman–Crippen MR) is 71.5 cm³/mol.